The Morgan fingerprint density at radius 3 is 2.57 bits per heavy atom. The van der Waals surface area contributed by atoms with Crippen LogP contribution < -0.4 is 9.47 Å². The van der Waals surface area contributed by atoms with Crippen molar-refractivity contribution in [3.8, 4) is 33.3 Å². The fraction of sp³-hybridized carbons (Fsp3) is 0.143. The van der Waals surface area contributed by atoms with Crippen molar-refractivity contribution in [2.24, 2.45) is 7.05 Å². The van der Waals surface area contributed by atoms with Crippen LogP contribution in [-0.2, 0) is 7.05 Å². The summed E-state index contributed by atoms with van der Waals surface area (Å²) in [4.78, 5) is 5.61. The van der Waals surface area contributed by atoms with Crippen LogP contribution in [0.1, 0.15) is 0 Å². The number of aryl methyl sites for hydroxylation is 1. The van der Waals surface area contributed by atoms with Gasteiger partial charge in [0.25, 0.3) is 0 Å². The molecule has 0 atom stereocenters. The molecule has 0 aliphatic rings. The van der Waals surface area contributed by atoms with E-state index in [1.54, 1.807) is 25.6 Å². The second-order valence-electron chi connectivity index (χ2n) is 6.64. The van der Waals surface area contributed by atoms with Gasteiger partial charge in [0.2, 0.25) is 4.96 Å². The summed E-state index contributed by atoms with van der Waals surface area (Å²) in [7, 11) is 5.35. The maximum absolute atomic E-state index is 5.50. The Kier molecular flexibility index (Phi) is 5.61. The van der Waals surface area contributed by atoms with Gasteiger partial charge in [-0.25, -0.2) is 9.50 Å². The van der Waals surface area contributed by atoms with Gasteiger partial charge in [0.1, 0.15) is 16.5 Å². The van der Waals surface area contributed by atoms with Crippen LogP contribution in [0.2, 0.25) is 0 Å². The molecule has 0 N–H and O–H groups in total. The molecule has 5 rings (SSSR count). The number of nitrogens with zero attached hydrogens (tertiary/aromatic N) is 4. The number of rotatable bonds is 4. The zero-order valence-corrected chi connectivity index (χ0v) is 20.5. The third-order valence-corrected chi connectivity index (χ3v) is 6.36. The molecule has 0 unspecified atom stereocenters. The number of hydrogen-bond acceptors (Lipinski definition) is 5. The van der Waals surface area contributed by atoms with E-state index in [0.717, 1.165) is 53.7 Å². The quantitative estimate of drug-likeness (QED) is 0.277. The SMILES string of the molecule is Br.COc1ccc(OC)c(-c2cn3nc(-c4cn(C)c5ccc(Br)cc45)sc3n2)c1. The normalized spacial score (nSPS) is 11.1. The first kappa shape index (κ1) is 20.9. The minimum absolute atomic E-state index is 0. The summed E-state index contributed by atoms with van der Waals surface area (Å²) in [6.07, 6.45) is 4.04. The predicted molar refractivity (Wildman–Crippen MR) is 129 cm³/mol. The zero-order chi connectivity index (χ0) is 20.1. The molecule has 0 amide bonds. The minimum atomic E-state index is 0. The molecule has 154 valence electrons. The zero-order valence-electron chi connectivity index (χ0n) is 16.4. The molecule has 0 aliphatic heterocycles. The molecule has 0 spiro atoms. The molecule has 2 aromatic carbocycles. The molecule has 0 fully saturated rings. The van der Waals surface area contributed by atoms with Gasteiger partial charge >= 0.3 is 0 Å². The summed E-state index contributed by atoms with van der Waals surface area (Å²) in [5.74, 6) is 1.50. The first-order chi connectivity index (χ1) is 14.1. The Morgan fingerprint density at radius 2 is 1.83 bits per heavy atom. The first-order valence-corrected chi connectivity index (χ1v) is 10.5. The summed E-state index contributed by atoms with van der Waals surface area (Å²) >= 11 is 5.13. The molecule has 0 bridgehead atoms. The van der Waals surface area contributed by atoms with Crippen molar-refractivity contribution in [1.82, 2.24) is 19.2 Å². The molecule has 3 aromatic heterocycles. The van der Waals surface area contributed by atoms with E-state index in [0.29, 0.717) is 0 Å². The Balaban J connectivity index is 0.00000218. The maximum atomic E-state index is 5.50. The van der Waals surface area contributed by atoms with Gasteiger partial charge in [-0.3, -0.25) is 0 Å². The highest BCUT2D eigenvalue weighted by molar-refractivity contribution is 9.10. The van der Waals surface area contributed by atoms with Gasteiger partial charge in [-0.1, -0.05) is 27.3 Å². The van der Waals surface area contributed by atoms with Gasteiger partial charge in [-0.2, -0.15) is 5.10 Å². The monoisotopic (exact) mass is 548 g/mol. The lowest BCUT2D eigenvalue weighted by Crippen LogP contribution is -1.90. The van der Waals surface area contributed by atoms with Crippen molar-refractivity contribution in [2.75, 3.05) is 14.2 Å². The fourth-order valence-electron chi connectivity index (χ4n) is 3.49. The van der Waals surface area contributed by atoms with Crippen molar-refractivity contribution in [3.63, 3.8) is 0 Å². The molecule has 30 heavy (non-hydrogen) atoms. The van der Waals surface area contributed by atoms with Gasteiger partial charge in [-0.05, 0) is 36.4 Å². The van der Waals surface area contributed by atoms with Crippen LogP contribution in [0.25, 0.3) is 37.7 Å². The summed E-state index contributed by atoms with van der Waals surface area (Å²) in [6.45, 7) is 0. The van der Waals surface area contributed by atoms with Crippen molar-refractivity contribution in [2.45, 2.75) is 0 Å². The lowest BCUT2D eigenvalue weighted by atomic mass is 10.1. The van der Waals surface area contributed by atoms with Crippen LogP contribution in [0.4, 0.5) is 0 Å². The highest BCUT2D eigenvalue weighted by Gasteiger charge is 2.17. The van der Waals surface area contributed by atoms with Gasteiger partial charge in [0.05, 0.1) is 26.1 Å². The van der Waals surface area contributed by atoms with Crippen molar-refractivity contribution >= 4 is 60.1 Å². The van der Waals surface area contributed by atoms with Gasteiger partial charge in [0, 0.05) is 39.7 Å². The second kappa shape index (κ2) is 8.05. The Labute approximate surface area is 196 Å². The standard InChI is InChI=1S/C21H17BrN4O2S.BrH/c1-25-10-16(14-8-12(22)4-6-18(14)25)20-24-26-11-17(23-21(26)29-20)15-9-13(27-2)5-7-19(15)28-3;/h4-11H,1-3H3;1H. The lowest BCUT2D eigenvalue weighted by molar-refractivity contribution is 0.404. The van der Waals surface area contributed by atoms with Crippen LogP contribution in [0, 0.1) is 0 Å². The summed E-state index contributed by atoms with van der Waals surface area (Å²) in [5.41, 5.74) is 3.93. The predicted octanol–water partition coefficient (Wildman–Crippen LogP) is 5.97. The molecule has 9 heteroatoms. The number of imidazole rings is 1. The average molecular weight is 550 g/mol. The number of methoxy groups -OCH3 is 2. The Bertz CT molecular complexity index is 1340. The van der Waals surface area contributed by atoms with E-state index in [1.807, 2.05) is 36.0 Å². The number of halogens is 2. The van der Waals surface area contributed by atoms with Crippen LogP contribution in [0.15, 0.2) is 53.3 Å². The average Bonchev–Trinajstić information content (AvgIpc) is 3.38. The van der Waals surface area contributed by atoms with Crippen LogP contribution >= 0.6 is 44.2 Å². The number of hydrogen-bond donors (Lipinski definition) is 0. The third kappa shape index (κ3) is 3.40. The van der Waals surface area contributed by atoms with Crippen LogP contribution in [-0.4, -0.2) is 33.4 Å². The van der Waals surface area contributed by atoms with Crippen molar-refractivity contribution in [3.05, 3.63) is 53.3 Å². The summed E-state index contributed by atoms with van der Waals surface area (Å²) < 4.78 is 15.8. The molecule has 0 radical (unpaired) electrons. The van der Waals surface area contributed by atoms with E-state index >= 15 is 0 Å². The number of benzene rings is 2. The van der Waals surface area contributed by atoms with E-state index in [4.69, 9.17) is 19.6 Å². The van der Waals surface area contributed by atoms with E-state index in [9.17, 15) is 0 Å². The molecule has 6 nitrogen and oxygen atoms in total. The summed E-state index contributed by atoms with van der Waals surface area (Å²) in [5, 5.41) is 6.88. The highest BCUT2D eigenvalue weighted by Crippen LogP contribution is 2.37. The maximum Gasteiger partial charge on any atom is 0.213 e. The van der Waals surface area contributed by atoms with Crippen molar-refractivity contribution < 1.29 is 9.47 Å². The third-order valence-electron chi connectivity index (χ3n) is 4.91. The summed E-state index contributed by atoms with van der Waals surface area (Å²) in [6, 6.07) is 12.0. The number of fused-ring (bicyclic) bond motifs is 2. The van der Waals surface area contributed by atoms with Crippen LogP contribution in [0.3, 0.4) is 0 Å². The van der Waals surface area contributed by atoms with E-state index in [-0.39, 0.29) is 17.0 Å². The van der Waals surface area contributed by atoms with E-state index < -0.39 is 0 Å². The number of aromatic nitrogens is 4. The first-order valence-electron chi connectivity index (χ1n) is 8.91. The topological polar surface area (TPSA) is 53.6 Å². The number of ether oxygens (including phenoxy) is 2. The molecular formula is C21H18Br2N4O2S. The highest BCUT2D eigenvalue weighted by atomic mass is 79.9. The van der Waals surface area contributed by atoms with Crippen LogP contribution in [0.5, 0.6) is 11.5 Å². The van der Waals surface area contributed by atoms with E-state index in [1.165, 1.54) is 0 Å². The second-order valence-corrected chi connectivity index (χ2v) is 8.51. The molecule has 0 saturated heterocycles. The Morgan fingerprint density at radius 1 is 1.00 bits per heavy atom. The Hall–Kier alpha value is -2.36. The largest absolute Gasteiger partial charge is 0.497 e. The van der Waals surface area contributed by atoms with Gasteiger partial charge in [0.15, 0.2) is 0 Å². The molecule has 0 saturated carbocycles. The minimum Gasteiger partial charge on any atom is -0.497 e. The lowest BCUT2D eigenvalue weighted by Gasteiger charge is -2.08. The fourth-order valence-corrected chi connectivity index (χ4v) is 4.75. The smallest absolute Gasteiger partial charge is 0.213 e. The molecule has 5 aromatic rings. The molecular weight excluding hydrogens is 532 g/mol. The van der Waals surface area contributed by atoms with Gasteiger partial charge in [-0.15, -0.1) is 17.0 Å². The molecule has 0 aliphatic carbocycles. The van der Waals surface area contributed by atoms with Gasteiger partial charge < -0.3 is 14.0 Å². The van der Waals surface area contributed by atoms with E-state index in [2.05, 4.69) is 44.9 Å². The molecule has 3 heterocycles. The van der Waals surface area contributed by atoms with Crippen molar-refractivity contribution in [1.29, 1.82) is 0 Å².